The lowest BCUT2D eigenvalue weighted by Crippen LogP contribution is -2.52. The molecule has 5 heteroatoms. The second-order valence-corrected chi connectivity index (χ2v) is 4.80. The number of carbonyl (C=O) groups is 1. The van der Waals surface area contributed by atoms with E-state index in [1.54, 1.807) is 0 Å². The summed E-state index contributed by atoms with van der Waals surface area (Å²) in [6.45, 7) is 8.91. The van der Waals surface area contributed by atoms with Crippen molar-refractivity contribution >= 4 is 5.91 Å². The summed E-state index contributed by atoms with van der Waals surface area (Å²) in [5.74, 6) is -0.0614. The summed E-state index contributed by atoms with van der Waals surface area (Å²) in [4.78, 5) is 13.6. The molecule has 0 saturated carbocycles. The van der Waals surface area contributed by atoms with E-state index < -0.39 is 0 Å². The Labute approximate surface area is 103 Å². The first-order valence-corrected chi connectivity index (χ1v) is 6.18. The number of nitrogens with zero attached hydrogens (tertiary/aromatic N) is 1. The van der Waals surface area contributed by atoms with Crippen LogP contribution in [0.5, 0.6) is 0 Å². The first-order chi connectivity index (χ1) is 8.02. The Balaban J connectivity index is 2.31. The van der Waals surface area contributed by atoms with E-state index in [-0.39, 0.29) is 24.7 Å². The van der Waals surface area contributed by atoms with E-state index in [2.05, 4.69) is 31.0 Å². The van der Waals surface area contributed by atoms with Crippen molar-refractivity contribution in [2.75, 3.05) is 33.4 Å². The molecule has 17 heavy (non-hydrogen) atoms. The van der Waals surface area contributed by atoms with Crippen molar-refractivity contribution in [3.8, 4) is 0 Å². The van der Waals surface area contributed by atoms with Crippen LogP contribution in [0, 0.1) is 0 Å². The topological polar surface area (TPSA) is 50.8 Å². The van der Waals surface area contributed by atoms with Crippen molar-refractivity contribution in [3.63, 3.8) is 0 Å². The number of hydrogen-bond acceptors (Lipinski definition) is 4. The summed E-state index contributed by atoms with van der Waals surface area (Å²) >= 11 is 0. The standard InChI is InChI=1S/C12H24N2O3/c1-9(5-13-12(15)8-16-4)14-6-10(2)17-11(3)7-14/h9-11H,5-8H2,1-4H3,(H,13,15)/t9-,10-,11+/m0/s1. The number of methoxy groups -OCH3 is 1. The average Bonchev–Trinajstić information content (AvgIpc) is 2.25. The van der Waals surface area contributed by atoms with Gasteiger partial charge >= 0.3 is 0 Å². The fourth-order valence-electron chi connectivity index (χ4n) is 2.15. The van der Waals surface area contributed by atoms with Gasteiger partial charge in [0.1, 0.15) is 6.61 Å². The zero-order valence-corrected chi connectivity index (χ0v) is 11.2. The molecule has 1 aliphatic heterocycles. The molecule has 0 aromatic heterocycles. The smallest absolute Gasteiger partial charge is 0.246 e. The maximum absolute atomic E-state index is 11.3. The quantitative estimate of drug-likeness (QED) is 0.753. The maximum Gasteiger partial charge on any atom is 0.246 e. The molecule has 1 N–H and O–H groups in total. The van der Waals surface area contributed by atoms with Crippen molar-refractivity contribution in [1.82, 2.24) is 10.2 Å². The minimum absolute atomic E-state index is 0.0614. The molecule has 1 rings (SSSR count). The summed E-state index contributed by atoms with van der Waals surface area (Å²) in [6, 6.07) is 0.324. The molecule has 0 aromatic carbocycles. The first-order valence-electron chi connectivity index (χ1n) is 6.18. The summed E-state index contributed by atoms with van der Waals surface area (Å²) in [5.41, 5.74) is 0. The summed E-state index contributed by atoms with van der Waals surface area (Å²) in [5, 5.41) is 2.86. The van der Waals surface area contributed by atoms with Gasteiger partial charge in [-0.1, -0.05) is 0 Å². The van der Waals surface area contributed by atoms with Crippen molar-refractivity contribution in [1.29, 1.82) is 0 Å². The van der Waals surface area contributed by atoms with Crippen LogP contribution >= 0.6 is 0 Å². The van der Waals surface area contributed by atoms with Crippen LogP contribution in [0.3, 0.4) is 0 Å². The molecule has 1 amide bonds. The highest BCUT2D eigenvalue weighted by molar-refractivity contribution is 5.77. The largest absolute Gasteiger partial charge is 0.375 e. The van der Waals surface area contributed by atoms with Crippen molar-refractivity contribution < 1.29 is 14.3 Å². The van der Waals surface area contributed by atoms with Gasteiger partial charge in [0.2, 0.25) is 5.91 Å². The lowest BCUT2D eigenvalue weighted by atomic mass is 10.2. The van der Waals surface area contributed by atoms with Crippen LogP contribution < -0.4 is 5.32 Å². The van der Waals surface area contributed by atoms with E-state index in [9.17, 15) is 4.79 Å². The molecule has 1 heterocycles. The minimum atomic E-state index is -0.0614. The number of morpholine rings is 1. The Morgan fingerprint density at radius 2 is 2.06 bits per heavy atom. The Morgan fingerprint density at radius 3 is 2.59 bits per heavy atom. The Bertz CT molecular complexity index is 238. The van der Waals surface area contributed by atoms with Crippen LogP contribution in [0.4, 0.5) is 0 Å². The van der Waals surface area contributed by atoms with Gasteiger partial charge in [0.05, 0.1) is 12.2 Å². The molecule has 1 aliphatic rings. The molecule has 0 radical (unpaired) electrons. The lowest BCUT2D eigenvalue weighted by molar-refractivity contribution is -0.125. The number of hydrogen-bond donors (Lipinski definition) is 1. The highest BCUT2D eigenvalue weighted by Crippen LogP contribution is 2.12. The maximum atomic E-state index is 11.3. The van der Waals surface area contributed by atoms with Crippen LogP contribution in [0.1, 0.15) is 20.8 Å². The van der Waals surface area contributed by atoms with Crippen LogP contribution in [0.2, 0.25) is 0 Å². The summed E-state index contributed by atoms with van der Waals surface area (Å²) in [6.07, 6.45) is 0.520. The second-order valence-electron chi connectivity index (χ2n) is 4.80. The molecule has 1 saturated heterocycles. The molecule has 1 fully saturated rings. The Hall–Kier alpha value is -0.650. The third-order valence-corrected chi connectivity index (χ3v) is 2.94. The van der Waals surface area contributed by atoms with Gasteiger partial charge in [0.25, 0.3) is 0 Å². The zero-order valence-electron chi connectivity index (χ0n) is 11.2. The van der Waals surface area contributed by atoms with E-state index in [1.807, 2.05) is 0 Å². The van der Waals surface area contributed by atoms with Gasteiger partial charge in [0, 0.05) is 32.8 Å². The lowest BCUT2D eigenvalue weighted by Gasteiger charge is -2.38. The molecule has 0 aromatic rings. The summed E-state index contributed by atoms with van der Waals surface area (Å²) < 4.78 is 10.5. The Kier molecular flexibility index (Phi) is 5.88. The van der Waals surface area contributed by atoms with Crippen molar-refractivity contribution in [3.05, 3.63) is 0 Å². The van der Waals surface area contributed by atoms with Gasteiger partial charge in [-0.2, -0.15) is 0 Å². The number of nitrogens with one attached hydrogen (secondary N) is 1. The average molecular weight is 244 g/mol. The SMILES string of the molecule is COCC(=O)NC[C@H](C)N1C[C@@H](C)O[C@@H](C)C1. The first kappa shape index (κ1) is 14.4. The van der Waals surface area contributed by atoms with Crippen LogP contribution in [-0.4, -0.2) is 62.4 Å². The zero-order chi connectivity index (χ0) is 12.8. The fraction of sp³-hybridized carbons (Fsp3) is 0.917. The molecular weight excluding hydrogens is 220 g/mol. The van der Waals surface area contributed by atoms with Gasteiger partial charge in [-0.15, -0.1) is 0 Å². The van der Waals surface area contributed by atoms with Gasteiger partial charge in [-0.05, 0) is 20.8 Å². The predicted octanol–water partition coefficient (Wildman–Crippen LogP) is 0.247. The highest BCUT2D eigenvalue weighted by atomic mass is 16.5. The third kappa shape index (κ3) is 5.02. The van der Waals surface area contributed by atoms with Crippen LogP contribution in [-0.2, 0) is 14.3 Å². The number of amides is 1. The molecular formula is C12H24N2O3. The monoisotopic (exact) mass is 244 g/mol. The number of carbonyl (C=O) groups excluding carboxylic acids is 1. The van der Waals surface area contributed by atoms with Crippen molar-refractivity contribution in [2.24, 2.45) is 0 Å². The molecule has 100 valence electrons. The predicted molar refractivity (Wildman–Crippen MR) is 65.9 cm³/mol. The third-order valence-electron chi connectivity index (χ3n) is 2.94. The van der Waals surface area contributed by atoms with Crippen LogP contribution in [0.25, 0.3) is 0 Å². The van der Waals surface area contributed by atoms with Gasteiger partial charge in [-0.3, -0.25) is 9.69 Å². The molecule has 0 aliphatic carbocycles. The molecule has 0 unspecified atom stereocenters. The minimum Gasteiger partial charge on any atom is -0.375 e. The van der Waals surface area contributed by atoms with Gasteiger partial charge < -0.3 is 14.8 Å². The molecule has 0 spiro atoms. The molecule has 3 atom stereocenters. The summed E-state index contributed by atoms with van der Waals surface area (Å²) in [7, 11) is 1.52. The normalized spacial score (nSPS) is 27.8. The molecule has 5 nitrogen and oxygen atoms in total. The fourth-order valence-corrected chi connectivity index (χ4v) is 2.15. The van der Waals surface area contributed by atoms with E-state index in [0.29, 0.717) is 12.6 Å². The van der Waals surface area contributed by atoms with E-state index in [0.717, 1.165) is 13.1 Å². The van der Waals surface area contributed by atoms with Crippen molar-refractivity contribution in [2.45, 2.75) is 39.0 Å². The van der Waals surface area contributed by atoms with E-state index >= 15 is 0 Å². The Morgan fingerprint density at radius 1 is 1.47 bits per heavy atom. The second kappa shape index (κ2) is 6.93. The van der Waals surface area contributed by atoms with Gasteiger partial charge in [0.15, 0.2) is 0 Å². The van der Waals surface area contributed by atoms with Gasteiger partial charge in [-0.25, -0.2) is 0 Å². The molecule has 0 bridgehead atoms. The number of ether oxygens (including phenoxy) is 2. The highest BCUT2D eigenvalue weighted by Gasteiger charge is 2.25. The van der Waals surface area contributed by atoms with E-state index in [4.69, 9.17) is 9.47 Å². The van der Waals surface area contributed by atoms with E-state index in [1.165, 1.54) is 7.11 Å². The van der Waals surface area contributed by atoms with Crippen LogP contribution in [0.15, 0.2) is 0 Å². The number of rotatable bonds is 5.